The molecular weight excluding hydrogens is 334 g/mol. The minimum atomic E-state index is -0.327. The van der Waals surface area contributed by atoms with Crippen LogP contribution in [0.25, 0.3) is 0 Å². The number of rotatable bonds is 4. The standard InChI is InChI=1S/C23H31N3O/c1-25(2)23(19-6-4-3-5-7-19)12-10-21(11-13-23)14-15-26(18-21)20(27)16-22(17-24)8-9-22/h3-7H,8-16,18H2,1-2H3. The number of nitrogens with zero attached hydrogens (tertiary/aromatic N) is 3. The van der Waals surface area contributed by atoms with Crippen molar-refractivity contribution < 1.29 is 4.79 Å². The number of benzene rings is 1. The number of hydrogen-bond acceptors (Lipinski definition) is 3. The van der Waals surface area contributed by atoms with Gasteiger partial charge in [0.05, 0.1) is 11.5 Å². The van der Waals surface area contributed by atoms with E-state index in [1.165, 1.54) is 18.4 Å². The molecule has 1 saturated heterocycles. The number of likely N-dealkylation sites (tertiary alicyclic amines) is 1. The van der Waals surface area contributed by atoms with Crippen LogP contribution in [0.5, 0.6) is 0 Å². The zero-order chi connectivity index (χ0) is 19.1. The van der Waals surface area contributed by atoms with Gasteiger partial charge in [-0.25, -0.2) is 0 Å². The van der Waals surface area contributed by atoms with Crippen LogP contribution in [0.4, 0.5) is 0 Å². The van der Waals surface area contributed by atoms with Crippen molar-refractivity contribution in [3.05, 3.63) is 35.9 Å². The first kappa shape index (κ1) is 18.5. The van der Waals surface area contributed by atoms with Crippen LogP contribution >= 0.6 is 0 Å². The summed E-state index contributed by atoms with van der Waals surface area (Å²) in [6.07, 6.45) is 8.00. The minimum absolute atomic E-state index is 0.114. The Labute approximate surface area is 163 Å². The highest BCUT2D eigenvalue weighted by atomic mass is 16.2. The summed E-state index contributed by atoms with van der Waals surface area (Å²) in [6.45, 7) is 1.77. The first-order chi connectivity index (χ1) is 12.9. The van der Waals surface area contributed by atoms with Crippen LogP contribution in [0.15, 0.2) is 30.3 Å². The van der Waals surface area contributed by atoms with Crippen LogP contribution in [0.1, 0.15) is 56.9 Å². The molecule has 0 N–H and O–H groups in total. The Balaban J connectivity index is 1.43. The van der Waals surface area contributed by atoms with E-state index in [1.54, 1.807) is 0 Å². The third-order valence-electron chi connectivity index (χ3n) is 7.68. The van der Waals surface area contributed by atoms with Crippen molar-refractivity contribution in [1.82, 2.24) is 9.80 Å². The van der Waals surface area contributed by atoms with Crippen molar-refractivity contribution in [2.75, 3.05) is 27.2 Å². The maximum absolute atomic E-state index is 12.7. The summed E-state index contributed by atoms with van der Waals surface area (Å²) in [7, 11) is 4.40. The number of hydrogen-bond donors (Lipinski definition) is 0. The predicted molar refractivity (Wildman–Crippen MR) is 106 cm³/mol. The van der Waals surface area contributed by atoms with Crippen molar-refractivity contribution in [3.63, 3.8) is 0 Å². The van der Waals surface area contributed by atoms with E-state index in [-0.39, 0.29) is 22.3 Å². The molecule has 1 aliphatic heterocycles. The van der Waals surface area contributed by atoms with Gasteiger partial charge >= 0.3 is 0 Å². The lowest BCUT2D eigenvalue weighted by molar-refractivity contribution is -0.131. The van der Waals surface area contributed by atoms with Gasteiger partial charge in [-0.1, -0.05) is 30.3 Å². The Bertz CT molecular complexity index is 737. The van der Waals surface area contributed by atoms with E-state index >= 15 is 0 Å². The van der Waals surface area contributed by atoms with Crippen molar-refractivity contribution in [3.8, 4) is 6.07 Å². The van der Waals surface area contributed by atoms with Gasteiger partial charge in [0.1, 0.15) is 0 Å². The van der Waals surface area contributed by atoms with Crippen LogP contribution in [-0.4, -0.2) is 42.9 Å². The average Bonchev–Trinajstić information content (AvgIpc) is 3.34. The molecule has 1 spiro atoms. The Morgan fingerprint density at radius 1 is 1.07 bits per heavy atom. The molecule has 0 bridgehead atoms. The molecule has 0 atom stereocenters. The molecule has 1 aromatic rings. The van der Waals surface area contributed by atoms with E-state index in [2.05, 4.69) is 60.3 Å². The number of amides is 1. The zero-order valence-corrected chi connectivity index (χ0v) is 16.7. The summed E-state index contributed by atoms with van der Waals surface area (Å²) < 4.78 is 0. The molecule has 0 radical (unpaired) electrons. The first-order valence-corrected chi connectivity index (χ1v) is 10.3. The summed E-state index contributed by atoms with van der Waals surface area (Å²) in [5.74, 6) is 0.207. The molecule has 3 fully saturated rings. The van der Waals surface area contributed by atoms with E-state index < -0.39 is 0 Å². The largest absolute Gasteiger partial charge is 0.342 e. The van der Waals surface area contributed by atoms with Gasteiger partial charge in [-0.05, 0) is 70.0 Å². The predicted octanol–water partition coefficient (Wildman–Crippen LogP) is 3.93. The molecule has 4 rings (SSSR count). The van der Waals surface area contributed by atoms with Crippen molar-refractivity contribution in [1.29, 1.82) is 5.26 Å². The van der Waals surface area contributed by atoms with Crippen LogP contribution in [0, 0.1) is 22.2 Å². The smallest absolute Gasteiger partial charge is 0.224 e. The lowest BCUT2D eigenvalue weighted by Crippen LogP contribution is -2.47. The fourth-order valence-electron chi connectivity index (χ4n) is 5.37. The van der Waals surface area contributed by atoms with Gasteiger partial charge in [-0.15, -0.1) is 0 Å². The molecule has 3 aliphatic rings. The maximum atomic E-state index is 12.7. The van der Waals surface area contributed by atoms with Gasteiger partial charge < -0.3 is 4.90 Å². The third kappa shape index (κ3) is 3.27. The highest BCUT2D eigenvalue weighted by molar-refractivity contribution is 5.78. The third-order valence-corrected chi connectivity index (χ3v) is 7.68. The van der Waals surface area contributed by atoms with Gasteiger partial charge in [-0.3, -0.25) is 9.69 Å². The van der Waals surface area contributed by atoms with Gasteiger partial charge in [-0.2, -0.15) is 5.26 Å². The zero-order valence-electron chi connectivity index (χ0n) is 16.7. The molecule has 27 heavy (non-hydrogen) atoms. The number of carbonyl (C=O) groups is 1. The average molecular weight is 366 g/mol. The van der Waals surface area contributed by atoms with Crippen molar-refractivity contribution in [2.45, 2.75) is 56.9 Å². The van der Waals surface area contributed by atoms with Gasteiger partial charge in [0.25, 0.3) is 0 Å². The van der Waals surface area contributed by atoms with Crippen molar-refractivity contribution >= 4 is 5.91 Å². The SMILES string of the molecule is CN(C)C1(c2ccccc2)CCC2(CCN(C(=O)CC3(C#N)CC3)C2)CC1. The molecule has 1 amide bonds. The minimum Gasteiger partial charge on any atom is -0.342 e. The van der Waals surface area contributed by atoms with E-state index in [4.69, 9.17) is 0 Å². The van der Waals surface area contributed by atoms with E-state index in [0.29, 0.717) is 6.42 Å². The number of nitriles is 1. The lowest BCUT2D eigenvalue weighted by atomic mass is 9.64. The molecule has 4 nitrogen and oxygen atoms in total. The Kier molecular flexibility index (Phi) is 4.55. The molecular formula is C23H31N3O. The van der Waals surface area contributed by atoms with Gasteiger partial charge in [0.15, 0.2) is 0 Å². The maximum Gasteiger partial charge on any atom is 0.224 e. The quantitative estimate of drug-likeness (QED) is 0.812. The fourth-order valence-corrected chi connectivity index (χ4v) is 5.37. The topological polar surface area (TPSA) is 47.3 Å². The summed E-state index contributed by atoms with van der Waals surface area (Å²) in [6, 6.07) is 13.3. The van der Waals surface area contributed by atoms with Crippen LogP contribution in [-0.2, 0) is 10.3 Å². The van der Waals surface area contributed by atoms with Crippen LogP contribution < -0.4 is 0 Å². The fraction of sp³-hybridized carbons (Fsp3) is 0.652. The monoisotopic (exact) mass is 365 g/mol. The van der Waals surface area contributed by atoms with Crippen LogP contribution in [0.2, 0.25) is 0 Å². The molecule has 0 unspecified atom stereocenters. The highest BCUT2D eigenvalue weighted by Gasteiger charge is 2.50. The first-order valence-electron chi connectivity index (χ1n) is 10.3. The summed E-state index contributed by atoms with van der Waals surface area (Å²) in [5, 5.41) is 9.28. The Morgan fingerprint density at radius 2 is 1.74 bits per heavy atom. The Morgan fingerprint density at radius 3 is 2.30 bits per heavy atom. The molecule has 1 heterocycles. The molecule has 0 aromatic heterocycles. The van der Waals surface area contributed by atoms with Gasteiger partial charge in [0, 0.05) is 25.0 Å². The second-order valence-corrected chi connectivity index (χ2v) is 9.43. The normalized spacial score (nSPS) is 31.9. The summed E-state index contributed by atoms with van der Waals surface area (Å²) >= 11 is 0. The summed E-state index contributed by atoms with van der Waals surface area (Å²) in [5.41, 5.74) is 1.49. The second kappa shape index (κ2) is 6.63. The molecule has 144 valence electrons. The van der Waals surface area contributed by atoms with Gasteiger partial charge in [0.2, 0.25) is 5.91 Å². The molecule has 4 heteroatoms. The highest BCUT2D eigenvalue weighted by Crippen LogP contribution is 2.53. The molecule has 2 aliphatic carbocycles. The Hall–Kier alpha value is -1.86. The van der Waals surface area contributed by atoms with Crippen molar-refractivity contribution in [2.24, 2.45) is 10.8 Å². The van der Waals surface area contributed by atoms with Crippen LogP contribution in [0.3, 0.4) is 0 Å². The van der Waals surface area contributed by atoms with E-state index in [9.17, 15) is 10.1 Å². The van der Waals surface area contributed by atoms with E-state index in [0.717, 1.165) is 45.2 Å². The molecule has 1 aromatic carbocycles. The number of carbonyl (C=O) groups excluding carboxylic acids is 1. The van der Waals surface area contributed by atoms with E-state index in [1.807, 2.05) is 0 Å². The lowest BCUT2D eigenvalue weighted by Gasteiger charge is -2.49. The second-order valence-electron chi connectivity index (χ2n) is 9.43. The summed E-state index contributed by atoms with van der Waals surface area (Å²) in [4.78, 5) is 17.2. The molecule has 2 saturated carbocycles.